The number of hydrogen-bond donors (Lipinski definition) is 2. The van der Waals surface area contributed by atoms with E-state index in [1.807, 2.05) is 6.92 Å². The molecule has 35 heavy (non-hydrogen) atoms. The summed E-state index contributed by atoms with van der Waals surface area (Å²) in [4.78, 5) is 27.1. The summed E-state index contributed by atoms with van der Waals surface area (Å²) < 4.78 is 55.3. The molecule has 1 heterocycles. The Labute approximate surface area is 204 Å². The van der Waals surface area contributed by atoms with Gasteiger partial charge in [0.25, 0.3) is 10.0 Å². The van der Waals surface area contributed by atoms with Gasteiger partial charge >= 0.3 is 0 Å². The minimum atomic E-state index is -4.31. The topological polar surface area (TPSA) is 139 Å². The first kappa shape index (κ1) is 23.7. The van der Waals surface area contributed by atoms with Crippen LogP contribution in [0.1, 0.15) is 48.5 Å². The van der Waals surface area contributed by atoms with Gasteiger partial charge in [0, 0.05) is 11.3 Å². The van der Waals surface area contributed by atoms with Crippen LogP contribution in [0.5, 0.6) is 0 Å². The SMILES string of the molecule is C[C@@]1(CCC2CC2)C(=O)C(C2=NS(=O)(=O)c3cc(NS(C)(=O)=O)ccc3N2)C(=O)c2ccccc21. The highest BCUT2D eigenvalue weighted by atomic mass is 32.2. The van der Waals surface area contributed by atoms with Crippen molar-refractivity contribution in [2.45, 2.75) is 42.9 Å². The summed E-state index contributed by atoms with van der Waals surface area (Å²) in [6, 6.07) is 10.9. The van der Waals surface area contributed by atoms with Gasteiger partial charge in [0.2, 0.25) is 10.0 Å². The van der Waals surface area contributed by atoms with E-state index in [2.05, 4.69) is 14.4 Å². The van der Waals surface area contributed by atoms with E-state index < -0.39 is 37.2 Å². The predicted octanol–water partition coefficient (Wildman–Crippen LogP) is 3.10. The number of benzene rings is 2. The van der Waals surface area contributed by atoms with Crippen molar-refractivity contribution in [2.75, 3.05) is 16.3 Å². The van der Waals surface area contributed by atoms with Crippen molar-refractivity contribution in [3.05, 3.63) is 53.6 Å². The van der Waals surface area contributed by atoms with Gasteiger partial charge in [0.15, 0.2) is 11.6 Å². The minimum Gasteiger partial charge on any atom is -0.341 e. The lowest BCUT2D eigenvalue weighted by molar-refractivity contribution is -0.125. The number of rotatable bonds is 6. The number of amidine groups is 1. The first-order valence-corrected chi connectivity index (χ1v) is 14.6. The molecule has 0 amide bonds. The molecule has 0 radical (unpaired) electrons. The molecule has 5 rings (SSSR count). The summed E-state index contributed by atoms with van der Waals surface area (Å²) in [6.07, 6.45) is 4.64. The maximum Gasteiger partial charge on any atom is 0.286 e. The van der Waals surface area contributed by atoms with E-state index >= 15 is 0 Å². The fraction of sp³-hybridized carbons (Fsp3) is 0.375. The molecule has 0 spiro atoms. The van der Waals surface area contributed by atoms with Gasteiger partial charge in [-0.1, -0.05) is 37.1 Å². The lowest BCUT2D eigenvalue weighted by atomic mass is 9.63. The smallest absolute Gasteiger partial charge is 0.286 e. The molecule has 1 fully saturated rings. The van der Waals surface area contributed by atoms with Crippen LogP contribution in [-0.4, -0.2) is 40.5 Å². The van der Waals surface area contributed by atoms with E-state index in [4.69, 9.17) is 0 Å². The highest BCUT2D eigenvalue weighted by molar-refractivity contribution is 7.92. The molecular weight excluding hydrogens is 490 g/mol. The second-order valence-corrected chi connectivity index (χ2v) is 13.0. The van der Waals surface area contributed by atoms with E-state index in [0.717, 1.165) is 31.6 Å². The van der Waals surface area contributed by atoms with Gasteiger partial charge in [0.1, 0.15) is 16.6 Å². The summed E-state index contributed by atoms with van der Waals surface area (Å²) in [5.41, 5.74) is 0.295. The molecule has 184 valence electrons. The molecule has 2 aromatic rings. The summed E-state index contributed by atoms with van der Waals surface area (Å²) in [5.74, 6) is -1.90. The number of ketones is 2. The van der Waals surface area contributed by atoms with Crippen molar-refractivity contribution in [3.8, 4) is 0 Å². The van der Waals surface area contributed by atoms with E-state index in [-0.39, 0.29) is 27.9 Å². The highest BCUT2D eigenvalue weighted by Crippen LogP contribution is 2.45. The molecule has 2 aromatic carbocycles. The number of anilines is 2. The molecule has 9 nitrogen and oxygen atoms in total. The molecule has 0 saturated heterocycles. The second kappa shape index (κ2) is 7.99. The van der Waals surface area contributed by atoms with Crippen molar-refractivity contribution in [1.29, 1.82) is 0 Å². The van der Waals surface area contributed by atoms with E-state index in [1.165, 1.54) is 12.1 Å². The molecule has 11 heteroatoms. The van der Waals surface area contributed by atoms with Crippen molar-refractivity contribution in [1.82, 2.24) is 0 Å². The number of fused-ring (bicyclic) bond motifs is 2. The number of sulfonamides is 2. The molecular formula is C24H25N3O6S2. The lowest BCUT2D eigenvalue weighted by Crippen LogP contribution is -2.51. The third-order valence-corrected chi connectivity index (χ3v) is 8.86. The highest BCUT2D eigenvalue weighted by Gasteiger charge is 2.51. The van der Waals surface area contributed by atoms with Crippen LogP contribution in [0, 0.1) is 11.8 Å². The number of hydrogen-bond acceptors (Lipinski definition) is 7. The Bertz CT molecular complexity index is 1510. The number of nitrogens with zero attached hydrogens (tertiary/aromatic N) is 1. The average molecular weight is 516 g/mol. The van der Waals surface area contributed by atoms with Crippen LogP contribution in [-0.2, 0) is 30.3 Å². The largest absolute Gasteiger partial charge is 0.341 e. The fourth-order valence-electron chi connectivity index (χ4n) is 4.89. The van der Waals surface area contributed by atoms with E-state index in [1.54, 1.807) is 24.3 Å². The molecule has 0 aromatic heterocycles. The van der Waals surface area contributed by atoms with Crippen LogP contribution in [0.3, 0.4) is 0 Å². The summed E-state index contributed by atoms with van der Waals surface area (Å²) in [7, 11) is -7.93. The monoisotopic (exact) mass is 515 g/mol. The molecule has 2 aliphatic carbocycles. The number of carbonyl (C=O) groups excluding carboxylic acids is 2. The van der Waals surface area contributed by atoms with E-state index in [9.17, 15) is 26.4 Å². The molecule has 1 aliphatic heterocycles. The quantitative estimate of drug-likeness (QED) is 0.564. The zero-order valence-corrected chi connectivity index (χ0v) is 20.9. The minimum absolute atomic E-state index is 0.0571. The van der Waals surface area contributed by atoms with Gasteiger partial charge in [0.05, 0.1) is 17.4 Å². The Morgan fingerprint density at radius 1 is 1.14 bits per heavy atom. The van der Waals surface area contributed by atoms with E-state index in [0.29, 0.717) is 23.5 Å². The summed E-state index contributed by atoms with van der Waals surface area (Å²) in [5, 5.41) is 2.87. The first-order valence-electron chi connectivity index (χ1n) is 11.3. The lowest BCUT2D eigenvalue weighted by Gasteiger charge is -2.38. The molecule has 2 N–H and O–H groups in total. The van der Waals surface area contributed by atoms with Gasteiger partial charge in [-0.15, -0.1) is 4.40 Å². The van der Waals surface area contributed by atoms with Gasteiger partial charge < -0.3 is 5.32 Å². The maximum atomic E-state index is 13.9. The number of carbonyl (C=O) groups is 2. The summed E-state index contributed by atoms with van der Waals surface area (Å²) in [6.45, 7) is 1.82. The fourth-order valence-corrected chi connectivity index (χ4v) is 6.63. The van der Waals surface area contributed by atoms with Gasteiger partial charge in [-0.05, 0) is 49.4 Å². The van der Waals surface area contributed by atoms with Gasteiger partial charge in [-0.3, -0.25) is 14.3 Å². The number of Topliss-reactive ketones (excluding diaryl/α,β-unsaturated/α-hetero) is 2. The molecule has 3 aliphatic rings. The molecule has 1 unspecified atom stereocenters. The summed E-state index contributed by atoms with van der Waals surface area (Å²) >= 11 is 0. The Hall–Kier alpha value is -3.05. The Morgan fingerprint density at radius 2 is 1.86 bits per heavy atom. The first-order chi connectivity index (χ1) is 16.4. The van der Waals surface area contributed by atoms with Crippen LogP contribution < -0.4 is 10.0 Å². The Morgan fingerprint density at radius 3 is 2.54 bits per heavy atom. The van der Waals surface area contributed by atoms with Gasteiger partial charge in [-0.2, -0.15) is 8.42 Å². The van der Waals surface area contributed by atoms with Crippen molar-refractivity contribution < 1.29 is 26.4 Å². The average Bonchev–Trinajstić information content (AvgIpc) is 3.60. The van der Waals surface area contributed by atoms with Gasteiger partial charge in [-0.25, -0.2) is 8.42 Å². The third kappa shape index (κ3) is 4.27. The molecule has 2 atom stereocenters. The third-order valence-electron chi connectivity index (χ3n) is 6.92. The van der Waals surface area contributed by atoms with Crippen molar-refractivity contribution in [2.24, 2.45) is 16.2 Å². The van der Waals surface area contributed by atoms with Crippen molar-refractivity contribution in [3.63, 3.8) is 0 Å². The normalized spacial score (nSPS) is 25.2. The Balaban J connectivity index is 1.56. The van der Waals surface area contributed by atoms with Crippen LogP contribution >= 0.6 is 0 Å². The maximum absolute atomic E-state index is 13.9. The standard InChI is InChI=1S/C24H25N3O6S2/c1-24(12-11-14-7-8-14)17-6-4-3-5-16(17)21(28)20(22(24)29)23-25-18-10-9-15(26-34(2,30)31)13-19(18)35(32,33)27-23/h3-6,9-10,13-14,20,26H,7-8,11-12H2,1-2H3,(H,25,27)/t20?,24-/m0/s1. The van der Waals surface area contributed by atoms with Crippen LogP contribution in [0.15, 0.2) is 51.8 Å². The molecule has 0 bridgehead atoms. The van der Waals surface area contributed by atoms with Crippen molar-refractivity contribution >= 4 is 48.8 Å². The predicted molar refractivity (Wildman–Crippen MR) is 132 cm³/mol. The van der Waals surface area contributed by atoms with Crippen LogP contribution in [0.4, 0.5) is 11.4 Å². The van der Waals surface area contributed by atoms with Crippen LogP contribution in [0.25, 0.3) is 0 Å². The zero-order chi connectivity index (χ0) is 25.2. The second-order valence-electron chi connectivity index (χ2n) is 9.68. The van der Waals surface area contributed by atoms with Crippen LogP contribution in [0.2, 0.25) is 0 Å². The number of nitrogens with one attached hydrogen (secondary N) is 2. The molecule has 1 saturated carbocycles. The Kier molecular flexibility index (Phi) is 5.41. The zero-order valence-electron chi connectivity index (χ0n) is 19.2.